The van der Waals surface area contributed by atoms with Crippen molar-refractivity contribution in [2.75, 3.05) is 5.32 Å². The molecule has 0 fully saturated rings. The molecular formula is C22H23N7O4S. The van der Waals surface area contributed by atoms with E-state index in [-0.39, 0.29) is 27.2 Å². The van der Waals surface area contributed by atoms with Crippen molar-refractivity contribution in [1.29, 1.82) is 0 Å². The molecule has 0 atom stereocenters. The van der Waals surface area contributed by atoms with Gasteiger partial charge in [0.25, 0.3) is 11.8 Å². The summed E-state index contributed by atoms with van der Waals surface area (Å²) in [5.41, 5.74) is 8.94. The zero-order valence-electron chi connectivity index (χ0n) is 19.2. The van der Waals surface area contributed by atoms with Crippen LogP contribution in [0.4, 0.5) is 5.00 Å². The summed E-state index contributed by atoms with van der Waals surface area (Å²) in [6.07, 6.45) is 2.96. The number of carbonyl (C=O) groups excluding carboxylic acids is 3. The smallest absolute Gasteiger partial charge is 0.341 e. The van der Waals surface area contributed by atoms with Crippen LogP contribution in [-0.2, 0) is 11.8 Å². The quantitative estimate of drug-likeness (QED) is 0.403. The van der Waals surface area contributed by atoms with Crippen molar-refractivity contribution in [3.05, 3.63) is 51.9 Å². The van der Waals surface area contributed by atoms with E-state index in [9.17, 15) is 14.4 Å². The number of esters is 1. The lowest BCUT2D eigenvalue weighted by Crippen LogP contribution is -2.17. The first kappa shape index (κ1) is 23.1. The number of carbonyl (C=O) groups is 3. The van der Waals surface area contributed by atoms with E-state index >= 15 is 0 Å². The predicted octanol–water partition coefficient (Wildman–Crippen LogP) is 2.72. The highest BCUT2D eigenvalue weighted by Gasteiger charge is 2.27. The normalized spacial score (nSPS) is 11.2. The lowest BCUT2D eigenvalue weighted by Gasteiger charge is -2.10. The molecule has 0 saturated heterocycles. The third-order valence-electron chi connectivity index (χ3n) is 5.25. The number of aromatic nitrogens is 5. The van der Waals surface area contributed by atoms with Crippen molar-refractivity contribution >= 4 is 39.8 Å². The maximum absolute atomic E-state index is 13.1. The summed E-state index contributed by atoms with van der Waals surface area (Å²) in [6.45, 7) is 6.93. The Bertz CT molecular complexity index is 1450. The van der Waals surface area contributed by atoms with E-state index in [0.29, 0.717) is 11.2 Å². The van der Waals surface area contributed by atoms with Gasteiger partial charge in [0.05, 0.1) is 28.4 Å². The van der Waals surface area contributed by atoms with Crippen molar-refractivity contribution in [2.24, 2.45) is 12.8 Å². The zero-order valence-corrected chi connectivity index (χ0v) is 20.1. The number of hydrogen-bond acceptors (Lipinski definition) is 8. The summed E-state index contributed by atoms with van der Waals surface area (Å²) >= 11 is 0.916. The molecule has 0 aliphatic carbocycles. The number of hydrogen-bond donors (Lipinski definition) is 2. The minimum atomic E-state index is -0.699. The first-order valence-electron chi connectivity index (χ1n) is 10.4. The van der Waals surface area contributed by atoms with Gasteiger partial charge in [0.1, 0.15) is 5.00 Å². The second-order valence-corrected chi connectivity index (χ2v) is 8.95. The number of thiophene rings is 1. The van der Waals surface area contributed by atoms with Crippen molar-refractivity contribution < 1.29 is 19.1 Å². The lowest BCUT2D eigenvalue weighted by molar-refractivity contribution is 0.0379. The summed E-state index contributed by atoms with van der Waals surface area (Å²) in [5.74, 6) is -1.93. The molecule has 11 nitrogen and oxygen atoms in total. The highest BCUT2D eigenvalue weighted by atomic mass is 32.1. The highest BCUT2D eigenvalue weighted by Crippen LogP contribution is 2.34. The van der Waals surface area contributed by atoms with Crippen molar-refractivity contribution in [3.8, 4) is 11.3 Å². The predicted molar refractivity (Wildman–Crippen MR) is 126 cm³/mol. The number of aryl methyl sites for hydroxylation is 1. The zero-order chi connectivity index (χ0) is 24.7. The Kier molecular flexibility index (Phi) is 5.92. The molecular weight excluding hydrogens is 458 g/mol. The highest BCUT2D eigenvalue weighted by molar-refractivity contribution is 7.18. The lowest BCUT2D eigenvalue weighted by atomic mass is 10.1. The van der Waals surface area contributed by atoms with Gasteiger partial charge < -0.3 is 15.8 Å². The van der Waals surface area contributed by atoms with Crippen molar-refractivity contribution in [2.45, 2.75) is 33.8 Å². The van der Waals surface area contributed by atoms with Crippen LogP contribution in [0.25, 0.3) is 16.9 Å². The molecule has 2 amide bonds. The Balaban J connectivity index is 1.72. The van der Waals surface area contributed by atoms with Crippen LogP contribution >= 0.6 is 11.3 Å². The summed E-state index contributed by atoms with van der Waals surface area (Å²) in [4.78, 5) is 42.1. The van der Waals surface area contributed by atoms with Gasteiger partial charge in [0, 0.05) is 30.6 Å². The molecule has 4 aromatic rings. The van der Waals surface area contributed by atoms with Crippen molar-refractivity contribution in [3.63, 3.8) is 0 Å². The average molecular weight is 482 g/mol. The number of amides is 2. The molecule has 34 heavy (non-hydrogen) atoms. The molecule has 0 bridgehead atoms. The maximum atomic E-state index is 13.1. The molecule has 0 spiro atoms. The van der Waals surface area contributed by atoms with Gasteiger partial charge in [-0.3, -0.25) is 14.3 Å². The number of ether oxygens (including phenoxy) is 1. The molecule has 0 unspecified atom stereocenters. The van der Waals surface area contributed by atoms with E-state index in [1.54, 1.807) is 48.4 Å². The second kappa shape index (κ2) is 8.71. The third-order valence-corrected chi connectivity index (χ3v) is 6.47. The van der Waals surface area contributed by atoms with Gasteiger partial charge in [0.15, 0.2) is 11.3 Å². The molecule has 3 N–H and O–H groups in total. The molecule has 4 heterocycles. The molecule has 176 valence electrons. The minimum absolute atomic E-state index is 0.0800. The molecule has 4 rings (SSSR count). The Hall–Kier alpha value is -4.06. The molecule has 0 aromatic carbocycles. The van der Waals surface area contributed by atoms with Gasteiger partial charge in [-0.25, -0.2) is 14.3 Å². The van der Waals surface area contributed by atoms with E-state index in [0.717, 1.165) is 28.3 Å². The number of primary amides is 1. The average Bonchev–Trinajstić information content (AvgIpc) is 3.43. The SMILES string of the molecule is Cc1c(C(N)=O)sc(NC(=O)c2cc3nccc(-c4cnn(C)c4C)n3n2)c1C(=O)OC(C)C. The third kappa shape index (κ3) is 4.03. The molecule has 0 radical (unpaired) electrons. The number of anilines is 1. The summed E-state index contributed by atoms with van der Waals surface area (Å²) in [7, 11) is 1.84. The number of nitrogens with one attached hydrogen (secondary N) is 1. The van der Waals surface area contributed by atoms with Crippen LogP contribution in [0.15, 0.2) is 24.5 Å². The van der Waals surface area contributed by atoms with Gasteiger partial charge >= 0.3 is 5.97 Å². The van der Waals surface area contributed by atoms with E-state index < -0.39 is 17.8 Å². The number of fused-ring (bicyclic) bond motifs is 1. The van der Waals surface area contributed by atoms with Crippen LogP contribution in [0.3, 0.4) is 0 Å². The van der Waals surface area contributed by atoms with E-state index in [1.165, 1.54) is 6.07 Å². The number of nitrogens with zero attached hydrogens (tertiary/aromatic N) is 5. The fraction of sp³-hybridized carbons (Fsp3) is 0.273. The fourth-order valence-electron chi connectivity index (χ4n) is 3.48. The summed E-state index contributed by atoms with van der Waals surface area (Å²) in [6, 6.07) is 3.32. The molecule has 0 aliphatic heterocycles. The molecule has 0 aliphatic rings. The largest absolute Gasteiger partial charge is 0.459 e. The van der Waals surface area contributed by atoms with E-state index in [4.69, 9.17) is 10.5 Å². The van der Waals surface area contributed by atoms with Gasteiger partial charge in [0.2, 0.25) is 0 Å². The maximum Gasteiger partial charge on any atom is 0.341 e. The van der Waals surface area contributed by atoms with Crippen LogP contribution in [-0.4, -0.2) is 48.3 Å². The number of rotatable bonds is 6. The topological polar surface area (TPSA) is 146 Å². The van der Waals surface area contributed by atoms with Crippen molar-refractivity contribution in [1.82, 2.24) is 24.4 Å². The van der Waals surface area contributed by atoms with Gasteiger partial charge in [-0.2, -0.15) is 10.2 Å². The second-order valence-electron chi connectivity index (χ2n) is 7.93. The summed E-state index contributed by atoms with van der Waals surface area (Å²) in [5, 5.41) is 11.5. The number of nitrogens with two attached hydrogens (primary N) is 1. The van der Waals surface area contributed by atoms with Gasteiger partial charge in [-0.15, -0.1) is 11.3 Å². The van der Waals surface area contributed by atoms with E-state index in [2.05, 4.69) is 20.5 Å². The standard InChI is InChI=1S/C22H23N7O4S/c1-10(2)33-22(32)17-11(3)18(19(23)30)34-21(17)26-20(31)14-8-16-24-7-6-15(29(16)27-14)13-9-25-28(5)12(13)4/h6-10H,1-5H3,(H2,23,30)(H,26,31). The van der Waals surface area contributed by atoms with Crippen LogP contribution in [0, 0.1) is 13.8 Å². The van der Waals surface area contributed by atoms with Crippen LogP contribution in [0.2, 0.25) is 0 Å². The summed E-state index contributed by atoms with van der Waals surface area (Å²) < 4.78 is 8.59. The minimum Gasteiger partial charge on any atom is -0.459 e. The molecule has 12 heteroatoms. The molecule has 0 saturated carbocycles. The molecule has 4 aromatic heterocycles. The fourth-order valence-corrected chi connectivity index (χ4v) is 4.52. The Morgan fingerprint density at radius 1 is 1.24 bits per heavy atom. The van der Waals surface area contributed by atoms with Crippen LogP contribution in [0.1, 0.15) is 55.6 Å². The Morgan fingerprint density at radius 3 is 2.59 bits per heavy atom. The van der Waals surface area contributed by atoms with Gasteiger partial charge in [-0.1, -0.05) is 0 Å². The first-order chi connectivity index (χ1) is 16.1. The van der Waals surface area contributed by atoms with E-state index in [1.807, 2.05) is 14.0 Å². The van der Waals surface area contributed by atoms with Gasteiger partial charge in [-0.05, 0) is 39.3 Å². The first-order valence-corrected chi connectivity index (χ1v) is 11.2. The Labute approximate surface area is 198 Å². The van der Waals surface area contributed by atoms with Crippen LogP contribution in [0.5, 0.6) is 0 Å². The van der Waals surface area contributed by atoms with Crippen LogP contribution < -0.4 is 11.1 Å². The Morgan fingerprint density at radius 2 is 1.97 bits per heavy atom. The monoisotopic (exact) mass is 481 g/mol.